The van der Waals surface area contributed by atoms with Gasteiger partial charge in [-0.05, 0) is 0 Å². The third kappa shape index (κ3) is 7.29. The van der Waals surface area contributed by atoms with Crippen LogP contribution in [0.25, 0.3) is 0 Å². The van der Waals surface area contributed by atoms with E-state index in [1.54, 1.807) is 26.2 Å². The summed E-state index contributed by atoms with van der Waals surface area (Å²) in [6, 6.07) is 2.82. The Bertz CT molecular complexity index is 716. The van der Waals surface area contributed by atoms with Crippen LogP contribution in [0.15, 0.2) is 21.2 Å². The fourth-order valence-electron chi connectivity index (χ4n) is 1.73. The summed E-state index contributed by atoms with van der Waals surface area (Å²) in [4.78, 5) is 21.9. The van der Waals surface area contributed by atoms with Crippen LogP contribution in [0, 0.1) is 0 Å². The minimum absolute atomic E-state index is 0.102. The van der Waals surface area contributed by atoms with Crippen LogP contribution in [-0.4, -0.2) is 36.5 Å². The van der Waals surface area contributed by atoms with E-state index in [0.29, 0.717) is 11.6 Å². The molecule has 4 amide bonds. The highest BCUT2D eigenvalue weighted by Gasteiger charge is 2.20. The van der Waals surface area contributed by atoms with Crippen LogP contribution >= 0.6 is 0 Å². The molecule has 2 rings (SSSR count). The number of anilines is 2. The molecule has 0 bridgehead atoms. The van der Waals surface area contributed by atoms with Gasteiger partial charge in [-0.3, -0.25) is 10.6 Å². The summed E-state index contributed by atoms with van der Waals surface area (Å²) in [5.41, 5.74) is -0.203. The molecule has 0 fully saturated rings. The van der Waals surface area contributed by atoms with Crippen LogP contribution < -0.4 is 21.3 Å². The average molecular weight is 394 g/mol. The first-order chi connectivity index (χ1) is 12.9. The minimum Gasteiger partial charge on any atom is -0.359 e. The molecule has 4 N–H and O–H groups in total. The highest BCUT2D eigenvalue weighted by Crippen LogP contribution is 2.25. The molecule has 2 aromatic rings. The van der Waals surface area contributed by atoms with Crippen LogP contribution in [0.3, 0.4) is 0 Å². The molecule has 28 heavy (non-hydrogen) atoms. The van der Waals surface area contributed by atoms with Crippen LogP contribution in [-0.2, 0) is 10.8 Å². The van der Waals surface area contributed by atoms with Gasteiger partial charge in [-0.25, -0.2) is 9.59 Å². The Morgan fingerprint density at radius 3 is 1.29 bits per heavy atom. The number of rotatable bonds is 2. The zero-order valence-electron chi connectivity index (χ0n) is 17.7. The summed E-state index contributed by atoms with van der Waals surface area (Å²) >= 11 is 0. The molecule has 2 heterocycles. The zero-order valence-corrected chi connectivity index (χ0v) is 17.7. The van der Waals surface area contributed by atoms with Crippen LogP contribution in [0.1, 0.15) is 53.1 Å². The fourth-order valence-corrected chi connectivity index (χ4v) is 1.73. The summed E-state index contributed by atoms with van der Waals surface area (Å²) in [5, 5.41) is 17.4. The number of aromatic nitrogens is 2. The number of hydrogen-bond acceptors (Lipinski definition) is 6. The molecule has 0 aromatic carbocycles. The van der Waals surface area contributed by atoms with Gasteiger partial charge in [0.2, 0.25) is 0 Å². The van der Waals surface area contributed by atoms with Crippen molar-refractivity contribution >= 4 is 23.7 Å². The standard InChI is InChI=1S/2C9H15N3O2/c2*1-9(2,3)6-5-7(12-14-6)11-8(13)10-4/h2*5H,1-4H3,(H2,10,11,12,13). The van der Waals surface area contributed by atoms with Gasteiger partial charge in [-0.1, -0.05) is 51.9 Å². The summed E-state index contributed by atoms with van der Waals surface area (Å²) in [7, 11) is 3.08. The van der Waals surface area contributed by atoms with Gasteiger partial charge in [0.15, 0.2) is 11.6 Å². The van der Waals surface area contributed by atoms with Crippen LogP contribution in [0.5, 0.6) is 0 Å². The van der Waals surface area contributed by atoms with Crippen molar-refractivity contribution in [1.29, 1.82) is 0 Å². The van der Waals surface area contributed by atoms with Gasteiger partial charge in [0, 0.05) is 37.1 Å². The quantitative estimate of drug-likeness (QED) is 0.616. The first kappa shape index (κ1) is 23.0. The van der Waals surface area contributed by atoms with Crippen molar-refractivity contribution in [3.8, 4) is 0 Å². The van der Waals surface area contributed by atoms with Crippen molar-refractivity contribution in [3.63, 3.8) is 0 Å². The van der Waals surface area contributed by atoms with E-state index < -0.39 is 0 Å². The van der Waals surface area contributed by atoms with Crippen molar-refractivity contribution in [2.45, 2.75) is 52.4 Å². The Hall–Kier alpha value is -3.04. The molecule has 0 unspecified atom stereocenters. The number of hydrogen-bond donors (Lipinski definition) is 4. The van der Waals surface area contributed by atoms with Crippen molar-refractivity contribution in [1.82, 2.24) is 20.9 Å². The second-order valence-corrected chi connectivity index (χ2v) is 8.06. The van der Waals surface area contributed by atoms with E-state index in [2.05, 4.69) is 31.6 Å². The molecule has 0 aliphatic heterocycles. The number of carbonyl (C=O) groups is 2. The smallest absolute Gasteiger partial charge is 0.320 e. The Labute approximate surface area is 164 Å². The van der Waals surface area contributed by atoms with Crippen molar-refractivity contribution in [2.75, 3.05) is 24.7 Å². The predicted molar refractivity (Wildman–Crippen MR) is 107 cm³/mol. The van der Waals surface area contributed by atoms with E-state index >= 15 is 0 Å². The lowest BCUT2D eigenvalue weighted by Crippen LogP contribution is -2.24. The lowest BCUT2D eigenvalue weighted by Gasteiger charge is -2.11. The van der Waals surface area contributed by atoms with E-state index in [-0.39, 0.29) is 22.9 Å². The predicted octanol–water partition coefficient (Wildman–Crippen LogP) is 3.45. The summed E-state index contributed by atoms with van der Waals surface area (Å²) in [5.74, 6) is 2.33. The first-order valence-electron chi connectivity index (χ1n) is 8.78. The second-order valence-electron chi connectivity index (χ2n) is 8.06. The SMILES string of the molecule is CNC(=O)Nc1cc(C(C)(C)C)on1.CNC(=O)Nc1cc(C(C)(C)C)on1. The highest BCUT2D eigenvalue weighted by molar-refractivity contribution is 5.88. The third-order valence-corrected chi connectivity index (χ3v) is 3.44. The summed E-state index contributed by atoms with van der Waals surface area (Å²) < 4.78 is 10.2. The van der Waals surface area contributed by atoms with E-state index in [4.69, 9.17) is 9.05 Å². The highest BCUT2D eigenvalue weighted by atomic mass is 16.5. The number of amides is 4. The molecule has 0 spiro atoms. The molecular formula is C18H30N6O4. The van der Waals surface area contributed by atoms with E-state index in [1.165, 1.54) is 0 Å². The van der Waals surface area contributed by atoms with Crippen molar-refractivity contribution in [3.05, 3.63) is 23.7 Å². The topological polar surface area (TPSA) is 134 Å². The number of nitrogens with one attached hydrogen (secondary N) is 4. The minimum atomic E-state index is -0.307. The average Bonchev–Trinajstić information content (AvgIpc) is 3.24. The molecule has 10 nitrogen and oxygen atoms in total. The number of urea groups is 2. The van der Waals surface area contributed by atoms with Gasteiger partial charge in [0.05, 0.1) is 0 Å². The van der Waals surface area contributed by atoms with Crippen molar-refractivity contribution in [2.24, 2.45) is 0 Å². The lowest BCUT2D eigenvalue weighted by molar-refractivity contribution is 0.253. The molecule has 0 saturated carbocycles. The molecule has 0 aliphatic carbocycles. The Morgan fingerprint density at radius 1 is 0.750 bits per heavy atom. The number of carbonyl (C=O) groups excluding carboxylic acids is 2. The third-order valence-electron chi connectivity index (χ3n) is 3.44. The van der Waals surface area contributed by atoms with Gasteiger partial charge in [0.1, 0.15) is 11.5 Å². The molecule has 156 valence electrons. The summed E-state index contributed by atoms with van der Waals surface area (Å²) in [6.45, 7) is 12.1. The number of nitrogens with zero attached hydrogens (tertiary/aromatic N) is 2. The molecule has 0 atom stereocenters. The summed E-state index contributed by atoms with van der Waals surface area (Å²) in [6.07, 6.45) is 0. The monoisotopic (exact) mass is 394 g/mol. The largest absolute Gasteiger partial charge is 0.359 e. The molecule has 0 radical (unpaired) electrons. The maximum Gasteiger partial charge on any atom is 0.320 e. The molecule has 0 aliphatic rings. The zero-order chi connectivity index (χ0) is 21.5. The second kappa shape index (κ2) is 9.25. The lowest BCUT2D eigenvalue weighted by atomic mass is 9.93. The maximum absolute atomic E-state index is 10.9. The van der Waals surface area contributed by atoms with Crippen LogP contribution in [0.2, 0.25) is 0 Å². The molecule has 2 aromatic heterocycles. The van der Waals surface area contributed by atoms with Gasteiger partial charge >= 0.3 is 12.1 Å². The fraction of sp³-hybridized carbons (Fsp3) is 0.556. The van der Waals surface area contributed by atoms with E-state index in [1.807, 2.05) is 41.5 Å². The Kier molecular flexibility index (Phi) is 7.60. The van der Waals surface area contributed by atoms with Gasteiger partial charge in [-0.15, -0.1) is 0 Å². The Balaban J connectivity index is 0.000000280. The van der Waals surface area contributed by atoms with Crippen molar-refractivity contribution < 1.29 is 18.6 Å². The van der Waals surface area contributed by atoms with Gasteiger partial charge < -0.3 is 19.7 Å². The van der Waals surface area contributed by atoms with E-state index in [9.17, 15) is 9.59 Å². The molecule has 10 heteroatoms. The normalized spacial score (nSPS) is 11.1. The Morgan fingerprint density at radius 2 is 1.07 bits per heavy atom. The molecular weight excluding hydrogens is 364 g/mol. The maximum atomic E-state index is 10.9. The first-order valence-corrected chi connectivity index (χ1v) is 8.78. The molecule has 0 saturated heterocycles. The van der Waals surface area contributed by atoms with Gasteiger partial charge in [0.25, 0.3) is 0 Å². The van der Waals surface area contributed by atoms with E-state index in [0.717, 1.165) is 11.5 Å². The van der Waals surface area contributed by atoms with Gasteiger partial charge in [-0.2, -0.15) is 0 Å². The van der Waals surface area contributed by atoms with Crippen LogP contribution in [0.4, 0.5) is 21.2 Å².